The van der Waals surface area contributed by atoms with Gasteiger partial charge in [-0.2, -0.15) is 0 Å². The van der Waals surface area contributed by atoms with Crippen molar-refractivity contribution in [2.24, 2.45) is 5.92 Å². The van der Waals surface area contributed by atoms with E-state index in [4.69, 9.17) is 9.47 Å². The summed E-state index contributed by atoms with van der Waals surface area (Å²) in [5.41, 5.74) is 2.45. The number of anilines is 2. The van der Waals surface area contributed by atoms with Gasteiger partial charge in [0.2, 0.25) is 5.91 Å². The van der Waals surface area contributed by atoms with Gasteiger partial charge in [-0.15, -0.1) is 0 Å². The smallest absolute Gasteiger partial charge is 0.312 e. The lowest BCUT2D eigenvalue weighted by Gasteiger charge is -2.20. The summed E-state index contributed by atoms with van der Waals surface area (Å²) in [4.78, 5) is 39.2. The normalized spacial score (nSPS) is 16.7. The minimum atomic E-state index is -0.980. The van der Waals surface area contributed by atoms with Crippen LogP contribution in [0.5, 0.6) is 5.75 Å². The Hall–Kier alpha value is -3.35. The molecule has 7 nitrogen and oxygen atoms in total. The number of esters is 1. The Bertz CT molecular complexity index is 941. The van der Waals surface area contributed by atoms with Crippen LogP contribution in [-0.2, 0) is 25.5 Å². The van der Waals surface area contributed by atoms with Crippen molar-refractivity contribution >= 4 is 29.2 Å². The molecule has 1 heterocycles. The zero-order chi connectivity index (χ0) is 22.4. The summed E-state index contributed by atoms with van der Waals surface area (Å²) < 4.78 is 10.7. The average molecular weight is 424 g/mol. The van der Waals surface area contributed by atoms with E-state index in [-0.39, 0.29) is 18.9 Å². The molecule has 164 valence electrons. The second kappa shape index (κ2) is 10.1. The number of aryl methyl sites for hydroxylation is 1. The number of nitrogens with one attached hydrogen (secondary N) is 1. The maximum absolute atomic E-state index is 12.6. The molecule has 2 amide bonds. The minimum Gasteiger partial charge on any atom is -0.494 e. The van der Waals surface area contributed by atoms with Gasteiger partial charge in [0.05, 0.1) is 12.5 Å². The Morgan fingerprint density at radius 3 is 2.52 bits per heavy atom. The first-order valence-corrected chi connectivity index (χ1v) is 10.5. The van der Waals surface area contributed by atoms with Gasteiger partial charge in [-0.25, -0.2) is 0 Å². The fourth-order valence-corrected chi connectivity index (χ4v) is 3.54. The van der Waals surface area contributed by atoms with E-state index in [1.54, 1.807) is 29.2 Å². The third-order valence-electron chi connectivity index (χ3n) is 5.22. The van der Waals surface area contributed by atoms with Crippen molar-refractivity contribution in [3.05, 3.63) is 54.1 Å². The number of amides is 2. The number of rotatable bonds is 8. The number of hydrogen-bond acceptors (Lipinski definition) is 5. The van der Waals surface area contributed by atoms with Crippen molar-refractivity contribution in [3.8, 4) is 5.75 Å². The van der Waals surface area contributed by atoms with Crippen molar-refractivity contribution in [2.45, 2.75) is 39.7 Å². The van der Waals surface area contributed by atoms with Gasteiger partial charge in [0.25, 0.3) is 5.91 Å². The van der Waals surface area contributed by atoms with Crippen LogP contribution in [0.1, 0.15) is 32.8 Å². The highest BCUT2D eigenvalue weighted by Gasteiger charge is 2.37. The lowest BCUT2D eigenvalue weighted by molar-refractivity contribution is -0.157. The van der Waals surface area contributed by atoms with E-state index in [2.05, 4.69) is 5.32 Å². The van der Waals surface area contributed by atoms with Gasteiger partial charge in [-0.3, -0.25) is 14.4 Å². The fourth-order valence-electron chi connectivity index (χ4n) is 3.54. The summed E-state index contributed by atoms with van der Waals surface area (Å²) in [5.74, 6) is -0.984. The Balaban J connectivity index is 1.57. The van der Waals surface area contributed by atoms with E-state index in [1.165, 1.54) is 6.92 Å². The average Bonchev–Trinajstić information content (AvgIpc) is 3.16. The quantitative estimate of drug-likeness (QED) is 0.655. The van der Waals surface area contributed by atoms with Crippen LogP contribution in [0.25, 0.3) is 0 Å². The summed E-state index contributed by atoms with van der Waals surface area (Å²) >= 11 is 0. The van der Waals surface area contributed by atoms with Gasteiger partial charge in [0.15, 0.2) is 6.10 Å². The van der Waals surface area contributed by atoms with Crippen LogP contribution in [0.3, 0.4) is 0 Å². The monoisotopic (exact) mass is 424 g/mol. The van der Waals surface area contributed by atoms with Crippen molar-refractivity contribution in [1.82, 2.24) is 0 Å². The SMILES string of the molecule is CCOc1ccc(NC(=O)[C@@H](C)OC(=O)[C@@H]2CC(=O)N(c3ccccc3CC)C2)cc1. The molecule has 31 heavy (non-hydrogen) atoms. The highest BCUT2D eigenvalue weighted by Crippen LogP contribution is 2.29. The number of hydrogen-bond donors (Lipinski definition) is 1. The summed E-state index contributed by atoms with van der Waals surface area (Å²) in [5, 5.41) is 2.72. The Morgan fingerprint density at radius 2 is 1.84 bits per heavy atom. The van der Waals surface area contributed by atoms with E-state index in [9.17, 15) is 14.4 Å². The molecule has 1 aliphatic rings. The zero-order valence-corrected chi connectivity index (χ0v) is 18.1. The first kappa shape index (κ1) is 22.3. The lowest BCUT2D eigenvalue weighted by atomic mass is 10.1. The van der Waals surface area contributed by atoms with E-state index < -0.39 is 23.9 Å². The lowest BCUT2D eigenvalue weighted by Crippen LogP contribution is -2.33. The summed E-state index contributed by atoms with van der Waals surface area (Å²) in [6.07, 6.45) is -0.117. The topological polar surface area (TPSA) is 84.9 Å². The maximum atomic E-state index is 12.6. The van der Waals surface area contributed by atoms with Crippen LogP contribution in [0.15, 0.2) is 48.5 Å². The number of ether oxygens (including phenoxy) is 2. The van der Waals surface area contributed by atoms with Crippen molar-refractivity contribution in [3.63, 3.8) is 0 Å². The Kier molecular flexibility index (Phi) is 7.28. The number of benzene rings is 2. The van der Waals surface area contributed by atoms with Crippen LogP contribution >= 0.6 is 0 Å². The van der Waals surface area contributed by atoms with Crippen LogP contribution in [0, 0.1) is 5.92 Å². The molecule has 1 aliphatic heterocycles. The molecule has 2 aromatic rings. The number of carbonyl (C=O) groups excluding carboxylic acids is 3. The maximum Gasteiger partial charge on any atom is 0.312 e. The van der Waals surface area contributed by atoms with Gasteiger partial charge < -0.3 is 19.7 Å². The van der Waals surface area contributed by atoms with Crippen LogP contribution in [-0.4, -0.2) is 37.0 Å². The van der Waals surface area contributed by atoms with Crippen molar-refractivity contribution in [2.75, 3.05) is 23.4 Å². The largest absolute Gasteiger partial charge is 0.494 e. The van der Waals surface area contributed by atoms with E-state index >= 15 is 0 Å². The number of nitrogens with zero attached hydrogens (tertiary/aromatic N) is 1. The van der Waals surface area contributed by atoms with Gasteiger partial charge in [0, 0.05) is 24.3 Å². The van der Waals surface area contributed by atoms with Gasteiger partial charge >= 0.3 is 5.97 Å². The molecule has 0 spiro atoms. The second-order valence-electron chi connectivity index (χ2n) is 7.41. The van der Waals surface area contributed by atoms with Crippen molar-refractivity contribution in [1.29, 1.82) is 0 Å². The summed E-state index contributed by atoms with van der Waals surface area (Å²) in [6.45, 7) is 6.25. The highest BCUT2D eigenvalue weighted by molar-refractivity contribution is 6.01. The van der Waals surface area contributed by atoms with Gasteiger partial charge in [0.1, 0.15) is 5.75 Å². The molecule has 0 aliphatic carbocycles. The number of carbonyl (C=O) groups is 3. The predicted molar refractivity (Wildman–Crippen MR) is 118 cm³/mol. The van der Waals surface area contributed by atoms with Crippen LogP contribution in [0.2, 0.25) is 0 Å². The molecule has 3 rings (SSSR count). The molecule has 2 aromatic carbocycles. The zero-order valence-electron chi connectivity index (χ0n) is 18.1. The van der Waals surface area contributed by atoms with Crippen LogP contribution in [0.4, 0.5) is 11.4 Å². The van der Waals surface area contributed by atoms with Crippen molar-refractivity contribution < 1.29 is 23.9 Å². The summed E-state index contributed by atoms with van der Waals surface area (Å²) in [7, 11) is 0. The van der Waals surface area contributed by atoms with E-state index in [1.807, 2.05) is 38.1 Å². The molecule has 0 radical (unpaired) electrons. The van der Waals surface area contributed by atoms with E-state index in [0.29, 0.717) is 18.0 Å². The molecule has 0 unspecified atom stereocenters. The molecule has 1 saturated heterocycles. The molecule has 0 bridgehead atoms. The third-order valence-corrected chi connectivity index (χ3v) is 5.22. The van der Waals surface area contributed by atoms with Gasteiger partial charge in [-0.1, -0.05) is 25.1 Å². The van der Waals surface area contributed by atoms with Crippen LogP contribution < -0.4 is 15.0 Å². The standard InChI is InChI=1S/C24H28N2O5/c1-4-17-8-6-7-9-21(17)26-15-18(14-22(26)27)24(29)31-16(3)23(28)25-19-10-12-20(13-11-19)30-5-2/h6-13,16,18H,4-5,14-15H2,1-3H3,(H,25,28)/t16-,18-/m1/s1. The molecule has 2 atom stereocenters. The molecular weight excluding hydrogens is 396 g/mol. The molecular formula is C24H28N2O5. The molecule has 1 N–H and O–H groups in total. The molecule has 1 fully saturated rings. The number of para-hydroxylation sites is 1. The second-order valence-corrected chi connectivity index (χ2v) is 7.41. The van der Waals surface area contributed by atoms with E-state index in [0.717, 1.165) is 17.7 Å². The first-order valence-electron chi connectivity index (χ1n) is 10.5. The highest BCUT2D eigenvalue weighted by atomic mass is 16.5. The Morgan fingerprint density at radius 1 is 1.13 bits per heavy atom. The first-order chi connectivity index (χ1) is 14.9. The fraction of sp³-hybridized carbons (Fsp3) is 0.375. The minimum absolute atomic E-state index is 0.0735. The summed E-state index contributed by atoms with van der Waals surface area (Å²) in [6, 6.07) is 14.6. The van der Waals surface area contributed by atoms with Gasteiger partial charge in [-0.05, 0) is 56.2 Å². The Labute approximate surface area is 182 Å². The predicted octanol–water partition coefficient (Wildman–Crippen LogP) is 3.57. The molecule has 0 aromatic heterocycles. The molecule has 7 heteroatoms. The third kappa shape index (κ3) is 5.42. The molecule has 0 saturated carbocycles.